The Morgan fingerprint density at radius 1 is 1.03 bits per heavy atom. The Bertz CT molecular complexity index is 856. The Hall–Kier alpha value is -3.22. The van der Waals surface area contributed by atoms with E-state index in [1.54, 1.807) is 11.0 Å². The van der Waals surface area contributed by atoms with Gasteiger partial charge in [0, 0.05) is 19.2 Å². The molecule has 1 aliphatic rings. The molecule has 0 unspecified atom stereocenters. The molecule has 7 nitrogen and oxygen atoms in total. The van der Waals surface area contributed by atoms with E-state index in [4.69, 9.17) is 15.2 Å². The van der Waals surface area contributed by atoms with Gasteiger partial charge in [-0.1, -0.05) is 30.3 Å². The first-order valence-corrected chi connectivity index (χ1v) is 10.4. The van der Waals surface area contributed by atoms with Crippen LogP contribution in [0.5, 0.6) is 11.5 Å². The molecule has 31 heavy (non-hydrogen) atoms. The normalized spacial score (nSPS) is 13.6. The van der Waals surface area contributed by atoms with Crippen LogP contribution >= 0.6 is 0 Å². The van der Waals surface area contributed by atoms with E-state index in [9.17, 15) is 14.7 Å². The van der Waals surface area contributed by atoms with Gasteiger partial charge >= 0.3 is 6.09 Å². The average molecular weight is 429 g/mol. The molecule has 0 spiro atoms. The van der Waals surface area contributed by atoms with Crippen LogP contribution < -0.4 is 10.5 Å². The zero-order valence-electron chi connectivity index (χ0n) is 18.5. The van der Waals surface area contributed by atoms with E-state index in [-0.39, 0.29) is 23.0 Å². The lowest BCUT2D eigenvalue weighted by atomic mass is 10.1. The predicted octanol–water partition coefficient (Wildman–Crippen LogP) is 4.48. The lowest BCUT2D eigenvalue weighted by molar-refractivity contribution is 0.0216. The minimum Gasteiger partial charge on any atom is -0.507 e. The number of likely N-dealkylation sites (tertiary alicyclic amines) is 1. The molecule has 1 aliphatic heterocycles. The molecule has 0 saturated carbocycles. The van der Waals surface area contributed by atoms with Crippen molar-refractivity contribution in [2.45, 2.75) is 52.2 Å². The van der Waals surface area contributed by atoms with Crippen LogP contribution in [0.25, 0.3) is 0 Å². The van der Waals surface area contributed by atoms with Gasteiger partial charge in [-0.25, -0.2) is 4.79 Å². The summed E-state index contributed by atoms with van der Waals surface area (Å²) < 4.78 is 10.8. The molecule has 2 aromatic rings. The fourth-order valence-corrected chi connectivity index (χ4v) is 2.95. The maximum Gasteiger partial charge on any atom is 0.410 e. The van der Waals surface area contributed by atoms with Crippen LogP contribution in [-0.4, -0.2) is 40.7 Å². The molecule has 0 radical (unpaired) electrons. The quantitative estimate of drug-likeness (QED) is 0.748. The molecule has 0 atom stereocenters. The van der Waals surface area contributed by atoms with Crippen molar-refractivity contribution in [3.05, 3.63) is 59.7 Å². The molecule has 1 saturated heterocycles. The molecule has 0 aromatic heterocycles. The summed E-state index contributed by atoms with van der Waals surface area (Å²) in [6.45, 7) is 7.80. The number of phenols is 1. The van der Waals surface area contributed by atoms with Gasteiger partial charge in [0.15, 0.2) is 0 Å². The van der Waals surface area contributed by atoms with Gasteiger partial charge in [-0.2, -0.15) is 0 Å². The fourth-order valence-electron chi connectivity index (χ4n) is 2.95. The molecular formula is C24H32N2O5. The summed E-state index contributed by atoms with van der Waals surface area (Å²) in [6.07, 6.45) is 3.30. The zero-order chi connectivity index (χ0) is 22.9. The van der Waals surface area contributed by atoms with Crippen molar-refractivity contribution < 1.29 is 24.2 Å². The smallest absolute Gasteiger partial charge is 0.410 e. The topological polar surface area (TPSA) is 102 Å². The van der Waals surface area contributed by atoms with Gasteiger partial charge in [0.2, 0.25) is 0 Å². The second-order valence-electron chi connectivity index (χ2n) is 8.35. The van der Waals surface area contributed by atoms with Gasteiger partial charge < -0.3 is 25.2 Å². The number of hydrogen-bond donors (Lipinski definition) is 2. The highest BCUT2D eigenvalue weighted by Gasteiger charge is 2.22. The van der Waals surface area contributed by atoms with Crippen molar-refractivity contribution in [1.82, 2.24) is 4.90 Å². The van der Waals surface area contributed by atoms with Gasteiger partial charge in [0.1, 0.15) is 23.7 Å². The first-order valence-electron chi connectivity index (χ1n) is 10.4. The van der Waals surface area contributed by atoms with Crippen molar-refractivity contribution in [3.63, 3.8) is 0 Å². The Kier molecular flexibility index (Phi) is 8.73. The summed E-state index contributed by atoms with van der Waals surface area (Å²) in [5, 5.41) is 9.58. The first kappa shape index (κ1) is 24.1. The Labute approximate surface area is 183 Å². The summed E-state index contributed by atoms with van der Waals surface area (Å²) >= 11 is 0. The van der Waals surface area contributed by atoms with Gasteiger partial charge in [-0.3, -0.25) is 4.79 Å². The van der Waals surface area contributed by atoms with Crippen LogP contribution in [0.15, 0.2) is 48.5 Å². The monoisotopic (exact) mass is 428 g/mol. The fraction of sp³-hybridized carbons (Fsp3) is 0.417. The third kappa shape index (κ3) is 8.58. The second-order valence-corrected chi connectivity index (χ2v) is 8.35. The van der Waals surface area contributed by atoms with Crippen LogP contribution in [0.3, 0.4) is 0 Å². The van der Waals surface area contributed by atoms with E-state index in [1.807, 2.05) is 51.1 Å². The highest BCUT2D eigenvalue weighted by Crippen LogP contribution is 2.23. The molecule has 0 aliphatic carbocycles. The van der Waals surface area contributed by atoms with Crippen LogP contribution in [0.2, 0.25) is 0 Å². The van der Waals surface area contributed by atoms with Crippen LogP contribution in [-0.2, 0) is 11.3 Å². The molecular weight excluding hydrogens is 396 g/mol. The number of nitrogens with zero attached hydrogens (tertiary/aromatic N) is 1. The number of carbonyl (C=O) groups excluding carboxylic acids is 2. The van der Waals surface area contributed by atoms with Crippen LogP contribution in [0.4, 0.5) is 4.79 Å². The minimum atomic E-state index is -0.665. The van der Waals surface area contributed by atoms with Crippen molar-refractivity contribution in [2.24, 2.45) is 5.73 Å². The van der Waals surface area contributed by atoms with Gasteiger partial charge in [-0.05, 0) is 57.7 Å². The van der Waals surface area contributed by atoms with Crippen LogP contribution in [0, 0.1) is 0 Å². The third-order valence-corrected chi connectivity index (χ3v) is 4.49. The van der Waals surface area contributed by atoms with Crippen LogP contribution in [0.1, 0.15) is 56.0 Å². The Balaban J connectivity index is 0.000000233. The largest absolute Gasteiger partial charge is 0.507 e. The number of amides is 2. The zero-order valence-corrected chi connectivity index (χ0v) is 18.5. The minimum absolute atomic E-state index is 0.0852. The molecule has 1 fully saturated rings. The molecule has 7 heteroatoms. The van der Waals surface area contributed by atoms with E-state index in [2.05, 4.69) is 0 Å². The van der Waals surface area contributed by atoms with Gasteiger partial charge in [-0.15, -0.1) is 0 Å². The molecule has 0 bridgehead atoms. The summed E-state index contributed by atoms with van der Waals surface area (Å²) in [7, 11) is 0. The molecule has 2 amide bonds. The van der Waals surface area contributed by atoms with E-state index < -0.39 is 5.91 Å². The number of primary amides is 1. The Morgan fingerprint density at radius 2 is 1.68 bits per heavy atom. The molecule has 1 heterocycles. The standard InChI is InChI=1S/C14H13NO3.C10H19NO2/c15-14(17)12-7-6-11(8-13(12)16)18-9-10-4-2-1-3-5-10;1-10(2,3)13-9(12)11-7-5-4-6-8-11/h1-8,16H,9H2,(H2,15,17);4-8H2,1-3H3. The predicted molar refractivity (Wildman–Crippen MR) is 119 cm³/mol. The number of rotatable bonds is 4. The number of carbonyl (C=O) groups is 2. The summed E-state index contributed by atoms with van der Waals surface area (Å²) in [4.78, 5) is 24.3. The highest BCUT2D eigenvalue weighted by atomic mass is 16.6. The van der Waals surface area contributed by atoms with E-state index >= 15 is 0 Å². The van der Waals surface area contributed by atoms with Crippen molar-refractivity contribution in [1.29, 1.82) is 0 Å². The lowest BCUT2D eigenvalue weighted by Gasteiger charge is -2.29. The van der Waals surface area contributed by atoms with Gasteiger partial charge in [0.05, 0.1) is 5.56 Å². The summed E-state index contributed by atoms with van der Waals surface area (Å²) in [5.41, 5.74) is 5.83. The number of nitrogens with two attached hydrogens (primary N) is 1. The lowest BCUT2D eigenvalue weighted by Crippen LogP contribution is -2.39. The number of hydrogen-bond acceptors (Lipinski definition) is 5. The average Bonchev–Trinajstić information content (AvgIpc) is 2.73. The molecule has 3 rings (SSSR count). The molecule has 2 aromatic carbocycles. The summed E-state index contributed by atoms with van der Waals surface area (Å²) in [5.74, 6) is -0.350. The SMILES string of the molecule is CC(C)(C)OC(=O)N1CCCCC1.NC(=O)c1ccc(OCc2ccccc2)cc1O. The number of benzene rings is 2. The molecule has 168 valence electrons. The first-order chi connectivity index (χ1) is 14.7. The number of aromatic hydroxyl groups is 1. The van der Waals surface area contributed by atoms with Gasteiger partial charge in [0.25, 0.3) is 5.91 Å². The summed E-state index contributed by atoms with van der Waals surface area (Å²) in [6, 6.07) is 14.1. The molecule has 3 N–H and O–H groups in total. The number of ether oxygens (including phenoxy) is 2. The Morgan fingerprint density at radius 3 is 2.23 bits per heavy atom. The maximum atomic E-state index is 11.5. The number of piperidine rings is 1. The van der Waals surface area contributed by atoms with Crippen molar-refractivity contribution in [3.8, 4) is 11.5 Å². The maximum absolute atomic E-state index is 11.5. The van der Waals surface area contributed by atoms with Crippen molar-refractivity contribution in [2.75, 3.05) is 13.1 Å². The van der Waals surface area contributed by atoms with E-state index in [0.717, 1.165) is 31.5 Å². The second kappa shape index (κ2) is 11.2. The van der Waals surface area contributed by atoms with E-state index in [1.165, 1.54) is 18.6 Å². The van der Waals surface area contributed by atoms with Crippen molar-refractivity contribution >= 4 is 12.0 Å². The van der Waals surface area contributed by atoms with E-state index in [0.29, 0.717) is 12.4 Å². The highest BCUT2D eigenvalue weighted by molar-refractivity contribution is 5.95. The third-order valence-electron chi connectivity index (χ3n) is 4.49.